The van der Waals surface area contributed by atoms with Gasteiger partial charge in [-0.25, -0.2) is 8.78 Å². The van der Waals surface area contributed by atoms with Crippen molar-refractivity contribution in [1.82, 2.24) is 0 Å². The molecule has 1 nitrogen and oxygen atoms in total. The van der Waals surface area contributed by atoms with Crippen LogP contribution in [0.5, 0.6) is 0 Å². The van der Waals surface area contributed by atoms with Crippen LogP contribution in [-0.2, 0) is 0 Å². The molecule has 0 bridgehead atoms. The molecule has 2 aromatic heterocycles. The van der Waals surface area contributed by atoms with Crippen LogP contribution in [0.1, 0.15) is 15.2 Å². The Morgan fingerprint density at radius 3 is 2.58 bits per heavy atom. The van der Waals surface area contributed by atoms with Crippen LogP contribution in [0.3, 0.4) is 0 Å². The maximum Gasteiger partial charge on any atom is 0.204 e. The molecular weight excluding hydrogens is 310 g/mol. The van der Waals surface area contributed by atoms with Crippen LogP contribution in [0.2, 0.25) is 5.02 Å². The Bertz CT molecular complexity index is 763. The molecule has 6 heteroatoms. The van der Waals surface area contributed by atoms with Gasteiger partial charge in [0.2, 0.25) is 5.78 Å². The fourth-order valence-corrected chi connectivity index (χ4v) is 4.01. The highest BCUT2D eigenvalue weighted by Crippen LogP contribution is 2.32. The van der Waals surface area contributed by atoms with Gasteiger partial charge < -0.3 is 0 Å². The Morgan fingerprint density at radius 1 is 1.11 bits per heavy atom. The monoisotopic (exact) mass is 314 g/mol. The molecule has 1 aromatic carbocycles. The highest BCUT2D eigenvalue weighted by molar-refractivity contribution is 7.28. The van der Waals surface area contributed by atoms with Crippen molar-refractivity contribution in [2.24, 2.45) is 0 Å². The SMILES string of the molecule is O=C(c1cc2sccc2s1)c1cc(F)c(F)cc1Cl. The number of thiophene rings is 2. The third-order valence-electron chi connectivity index (χ3n) is 2.62. The molecule has 0 N–H and O–H groups in total. The molecule has 19 heavy (non-hydrogen) atoms. The molecule has 0 aliphatic carbocycles. The van der Waals surface area contributed by atoms with Gasteiger partial charge in [0.15, 0.2) is 11.6 Å². The van der Waals surface area contributed by atoms with Crippen LogP contribution in [0.4, 0.5) is 8.78 Å². The second-order valence-electron chi connectivity index (χ2n) is 3.84. The molecule has 0 unspecified atom stereocenters. The van der Waals surface area contributed by atoms with E-state index in [0.717, 1.165) is 21.5 Å². The smallest absolute Gasteiger partial charge is 0.204 e. The van der Waals surface area contributed by atoms with E-state index < -0.39 is 17.4 Å². The van der Waals surface area contributed by atoms with E-state index in [1.165, 1.54) is 22.7 Å². The van der Waals surface area contributed by atoms with E-state index >= 15 is 0 Å². The molecular formula is C13H5ClF2OS2. The van der Waals surface area contributed by atoms with Gasteiger partial charge in [0.25, 0.3) is 0 Å². The second-order valence-corrected chi connectivity index (χ2v) is 6.27. The summed E-state index contributed by atoms with van der Waals surface area (Å²) in [4.78, 5) is 12.7. The van der Waals surface area contributed by atoms with Crippen molar-refractivity contribution in [3.8, 4) is 0 Å². The zero-order valence-corrected chi connectivity index (χ0v) is 11.6. The largest absolute Gasteiger partial charge is 0.288 e. The molecule has 0 fully saturated rings. The summed E-state index contributed by atoms with van der Waals surface area (Å²) < 4.78 is 28.2. The number of carbonyl (C=O) groups is 1. The van der Waals surface area contributed by atoms with Gasteiger partial charge in [-0.1, -0.05) is 11.6 Å². The summed E-state index contributed by atoms with van der Waals surface area (Å²) in [5.74, 6) is -2.53. The number of fused-ring (bicyclic) bond motifs is 1. The Hall–Kier alpha value is -1.30. The number of halogens is 3. The van der Waals surface area contributed by atoms with Gasteiger partial charge in [-0.15, -0.1) is 22.7 Å². The highest BCUT2D eigenvalue weighted by Gasteiger charge is 2.18. The van der Waals surface area contributed by atoms with E-state index in [9.17, 15) is 13.6 Å². The van der Waals surface area contributed by atoms with Crippen LogP contribution in [0.15, 0.2) is 29.6 Å². The van der Waals surface area contributed by atoms with Gasteiger partial charge in [0.1, 0.15) is 0 Å². The molecule has 96 valence electrons. The maximum absolute atomic E-state index is 13.2. The second kappa shape index (κ2) is 4.67. The predicted octanol–water partition coefficient (Wildman–Crippen LogP) is 5.13. The summed E-state index contributed by atoms with van der Waals surface area (Å²) in [5, 5.41) is 1.85. The fourth-order valence-electron chi connectivity index (χ4n) is 1.71. The van der Waals surface area contributed by atoms with Crippen molar-refractivity contribution in [1.29, 1.82) is 0 Å². The fraction of sp³-hybridized carbons (Fsp3) is 0. The van der Waals surface area contributed by atoms with Gasteiger partial charge in [0, 0.05) is 15.0 Å². The average molecular weight is 315 g/mol. The molecule has 0 amide bonds. The lowest BCUT2D eigenvalue weighted by Gasteiger charge is -2.02. The first-order chi connectivity index (χ1) is 9.06. The van der Waals surface area contributed by atoms with Crippen molar-refractivity contribution in [3.63, 3.8) is 0 Å². The number of hydrogen-bond donors (Lipinski definition) is 0. The van der Waals surface area contributed by atoms with E-state index in [0.29, 0.717) is 4.88 Å². The van der Waals surface area contributed by atoms with Crippen LogP contribution in [-0.4, -0.2) is 5.78 Å². The molecule has 0 aliphatic heterocycles. The summed E-state index contributed by atoms with van der Waals surface area (Å²) in [5.41, 5.74) is -0.0190. The number of rotatable bonds is 2. The molecule has 0 saturated heterocycles. The third kappa shape index (κ3) is 2.18. The topological polar surface area (TPSA) is 17.1 Å². The summed E-state index contributed by atoms with van der Waals surface area (Å²) in [6.45, 7) is 0. The lowest BCUT2D eigenvalue weighted by molar-refractivity contribution is 0.104. The lowest BCUT2D eigenvalue weighted by atomic mass is 10.1. The molecule has 3 aromatic rings. The zero-order valence-electron chi connectivity index (χ0n) is 9.25. The first-order valence-electron chi connectivity index (χ1n) is 5.22. The molecule has 2 heterocycles. The van der Waals surface area contributed by atoms with E-state index in [-0.39, 0.29) is 10.6 Å². The highest BCUT2D eigenvalue weighted by atomic mass is 35.5. The quantitative estimate of drug-likeness (QED) is 0.473. The van der Waals surface area contributed by atoms with Crippen LogP contribution in [0, 0.1) is 11.6 Å². The Morgan fingerprint density at radius 2 is 1.84 bits per heavy atom. The van der Waals surface area contributed by atoms with Gasteiger partial charge in [-0.3, -0.25) is 4.79 Å². The van der Waals surface area contributed by atoms with Crippen molar-refractivity contribution < 1.29 is 13.6 Å². The van der Waals surface area contributed by atoms with Crippen LogP contribution < -0.4 is 0 Å². The summed E-state index contributed by atoms with van der Waals surface area (Å²) >= 11 is 8.63. The minimum absolute atomic E-state index is 0.0190. The van der Waals surface area contributed by atoms with E-state index in [4.69, 9.17) is 11.6 Å². The van der Waals surface area contributed by atoms with Crippen molar-refractivity contribution >= 4 is 49.5 Å². The molecule has 3 rings (SSSR count). The summed E-state index contributed by atoms with van der Waals surface area (Å²) in [7, 11) is 0. The zero-order chi connectivity index (χ0) is 13.6. The molecule has 0 spiro atoms. The van der Waals surface area contributed by atoms with E-state index in [2.05, 4.69) is 0 Å². The maximum atomic E-state index is 13.2. The standard InChI is InChI=1S/C13H5ClF2OS2/c14-7-4-9(16)8(15)3-6(7)13(17)12-5-11-10(19-12)1-2-18-11/h1-5H. The third-order valence-corrected chi connectivity index (χ3v) is 5.02. The predicted molar refractivity (Wildman–Crippen MR) is 74.5 cm³/mol. The van der Waals surface area contributed by atoms with E-state index in [1.54, 1.807) is 6.07 Å². The minimum Gasteiger partial charge on any atom is -0.288 e. The molecule has 0 saturated carbocycles. The Labute approximate surface area is 120 Å². The number of hydrogen-bond acceptors (Lipinski definition) is 3. The van der Waals surface area contributed by atoms with Gasteiger partial charge in [-0.05, 0) is 29.6 Å². The number of carbonyl (C=O) groups excluding carboxylic acids is 1. The van der Waals surface area contributed by atoms with Gasteiger partial charge in [-0.2, -0.15) is 0 Å². The number of ketones is 1. The molecule has 0 aliphatic rings. The summed E-state index contributed by atoms with van der Waals surface area (Å²) in [6, 6.07) is 5.31. The van der Waals surface area contributed by atoms with Crippen LogP contribution >= 0.6 is 34.3 Å². The van der Waals surface area contributed by atoms with Gasteiger partial charge in [0.05, 0.1) is 9.90 Å². The summed E-state index contributed by atoms with van der Waals surface area (Å²) in [6.07, 6.45) is 0. The van der Waals surface area contributed by atoms with Crippen molar-refractivity contribution in [3.05, 3.63) is 56.7 Å². The minimum atomic E-state index is -1.08. The van der Waals surface area contributed by atoms with Gasteiger partial charge >= 0.3 is 0 Å². The Kier molecular flexibility index (Phi) is 3.12. The molecule has 0 radical (unpaired) electrons. The number of benzene rings is 1. The molecule has 0 atom stereocenters. The van der Waals surface area contributed by atoms with E-state index in [1.807, 2.05) is 11.4 Å². The van der Waals surface area contributed by atoms with Crippen LogP contribution in [0.25, 0.3) is 9.40 Å². The first kappa shape index (κ1) is 12.7. The van der Waals surface area contributed by atoms with Crippen molar-refractivity contribution in [2.75, 3.05) is 0 Å². The average Bonchev–Trinajstić information content (AvgIpc) is 2.93. The van der Waals surface area contributed by atoms with Crippen molar-refractivity contribution in [2.45, 2.75) is 0 Å². The Balaban J connectivity index is 2.09. The first-order valence-corrected chi connectivity index (χ1v) is 7.30. The normalized spacial score (nSPS) is 11.1. The lowest BCUT2D eigenvalue weighted by Crippen LogP contribution is -2.01.